The molecule has 53 heavy (non-hydrogen) atoms. The van der Waals surface area contributed by atoms with E-state index in [0.29, 0.717) is 39.1 Å². The van der Waals surface area contributed by atoms with E-state index in [9.17, 15) is 31.6 Å². The van der Waals surface area contributed by atoms with E-state index in [-0.39, 0.29) is 28.1 Å². The second-order valence-electron chi connectivity index (χ2n) is 12.2. The Labute approximate surface area is 298 Å². The number of nitriles is 1. The van der Waals surface area contributed by atoms with Crippen LogP contribution in [0.2, 0.25) is 0 Å². The molecule has 0 spiro atoms. The molecular weight excluding hydrogens is 688 g/mol. The third kappa shape index (κ3) is 6.14. The minimum absolute atomic E-state index is 0.0549. The number of hydrogen-bond donors (Lipinski definition) is 0. The zero-order chi connectivity index (χ0) is 36.9. The molecule has 0 atom stereocenters. The van der Waals surface area contributed by atoms with Crippen molar-refractivity contribution in [1.29, 1.82) is 5.26 Å². The molecule has 0 aliphatic rings. The maximum atomic E-state index is 14.0. The van der Waals surface area contributed by atoms with Crippen LogP contribution in [0.4, 0.5) is 26.3 Å². The predicted molar refractivity (Wildman–Crippen MR) is 191 cm³/mol. The van der Waals surface area contributed by atoms with Crippen molar-refractivity contribution in [3.05, 3.63) is 156 Å². The highest BCUT2D eigenvalue weighted by atomic mass is 19.4. The molecular formula is C42H23F6N5. The zero-order valence-electron chi connectivity index (χ0n) is 27.3. The van der Waals surface area contributed by atoms with Crippen LogP contribution in [0.3, 0.4) is 0 Å². The van der Waals surface area contributed by atoms with Gasteiger partial charge in [0.1, 0.15) is 0 Å². The van der Waals surface area contributed by atoms with Gasteiger partial charge in [0.05, 0.1) is 33.8 Å². The number of alkyl halides is 6. The van der Waals surface area contributed by atoms with Crippen molar-refractivity contribution in [1.82, 2.24) is 19.5 Å². The Bertz CT molecular complexity index is 2580. The fraction of sp³-hybridized carbons (Fsp3) is 0.0476. The molecule has 0 amide bonds. The summed E-state index contributed by atoms with van der Waals surface area (Å²) in [6, 6.07) is 38.7. The third-order valence-corrected chi connectivity index (χ3v) is 8.96. The number of fused-ring (bicyclic) bond motifs is 3. The number of halogens is 6. The van der Waals surface area contributed by atoms with Crippen LogP contribution in [0.5, 0.6) is 0 Å². The summed E-state index contributed by atoms with van der Waals surface area (Å²) in [5, 5.41) is 10.8. The maximum absolute atomic E-state index is 14.0. The Hall–Kier alpha value is -6.80. The molecule has 0 radical (unpaired) electrons. The van der Waals surface area contributed by atoms with Gasteiger partial charge in [0, 0.05) is 38.7 Å². The van der Waals surface area contributed by atoms with E-state index >= 15 is 0 Å². The van der Waals surface area contributed by atoms with Gasteiger partial charge in [0.15, 0.2) is 17.5 Å². The largest absolute Gasteiger partial charge is 0.416 e. The molecule has 0 bridgehead atoms. The minimum atomic E-state index is -4.71. The van der Waals surface area contributed by atoms with Gasteiger partial charge in [-0.2, -0.15) is 31.6 Å². The van der Waals surface area contributed by atoms with E-state index in [4.69, 9.17) is 15.0 Å². The Balaban J connectivity index is 1.45. The first-order chi connectivity index (χ1) is 25.5. The Morgan fingerprint density at radius 2 is 0.962 bits per heavy atom. The molecule has 0 fully saturated rings. The summed E-state index contributed by atoms with van der Waals surface area (Å²) in [6.07, 6.45) is -9.42. The van der Waals surface area contributed by atoms with E-state index in [1.807, 2.05) is 60.7 Å². The van der Waals surface area contributed by atoms with E-state index < -0.39 is 23.5 Å². The zero-order valence-corrected chi connectivity index (χ0v) is 27.3. The molecule has 258 valence electrons. The summed E-state index contributed by atoms with van der Waals surface area (Å²) >= 11 is 0. The number of benzene rings is 6. The molecule has 0 aliphatic carbocycles. The lowest BCUT2D eigenvalue weighted by molar-refractivity contribution is -0.138. The summed E-state index contributed by atoms with van der Waals surface area (Å²) in [7, 11) is 0. The summed E-state index contributed by atoms with van der Waals surface area (Å²) in [5.41, 5.74) is 1.53. The van der Waals surface area contributed by atoms with Gasteiger partial charge < -0.3 is 4.57 Å². The number of rotatable bonds is 5. The first-order valence-corrected chi connectivity index (χ1v) is 16.2. The molecule has 6 aromatic carbocycles. The summed E-state index contributed by atoms with van der Waals surface area (Å²) in [6.45, 7) is 0. The van der Waals surface area contributed by atoms with Crippen LogP contribution in [0.15, 0.2) is 140 Å². The molecule has 11 heteroatoms. The lowest BCUT2D eigenvalue weighted by atomic mass is 9.94. The number of nitrogens with zero attached hydrogens (tertiary/aromatic N) is 5. The summed E-state index contributed by atoms with van der Waals surface area (Å²) in [4.78, 5) is 14.5. The first kappa shape index (κ1) is 33.3. The molecule has 0 saturated carbocycles. The van der Waals surface area contributed by atoms with Gasteiger partial charge in [-0.25, -0.2) is 15.0 Å². The topological polar surface area (TPSA) is 67.4 Å². The van der Waals surface area contributed by atoms with Crippen molar-refractivity contribution in [3.63, 3.8) is 0 Å². The van der Waals surface area contributed by atoms with Crippen LogP contribution >= 0.6 is 0 Å². The lowest BCUT2D eigenvalue weighted by Gasteiger charge is -2.16. The Kier molecular flexibility index (Phi) is 8.03. The quantitative estimate of drug-likeness (QED) is 0.167. The van der Waals surface area contributed by atoms with Crippen molar-refractivity contribution in [2.75, 3.05) is 0 Å². The molecule has 2 aromatic heterocycles. The average Bonchev–Trinajstić information content (AvgIpc) is 3.50. The van der Waals surface area contributed by atoms with Crippen LogP contribution < -0.4 is 0 Å². The van der Waals surface area contributed by atoms with Gasteiger partial charge in [0.25, 0.3) is 0 Å². The molecule has 0 N–H and O–H groups in total. The first-order valence-electron chi connectivity index (χ1n) is 16.2. The van der Waals surface area contributed by atoms with Gasteiger partial charge in [-0.15, -0.1) is 0 Å². The summed E-state index contributed by atoms with van der Waals surface area (Å²) < 4.78 is 85.6. The average molecular weight is 712 g/mol. The maximum Gasteiger partial charge on any atom is 0.416 e. The van der Waals surface area contributed by atoms with Crippen molar-refractivity contribution in [2.24, 2.45) is 0 Å². The van der Waals surface area contributed by atoms with Crippen molar-refractivity contribution >= 4 is 21.8 Å². The van der Waals surface area contributed by atoms with Crippen LogP contribution in [-0.2, 0) is 12.4 Å². The van der Waals surface area contributed by atoms with Gasteiger partial charge in [-0.3, -0.25) is 0 Å². The fourth-order valence-corrected chi connectivity index (χ4v) is 6.48. The minimum Gasteiger partial charge on any atom is -0.309 e. The molecule has 8 rings (SSSR count). The SMILES string of the molecule is N#Cc1ccccc1-c1cc(-n2c3cc(C(F)(F)F)ccc3c3ccc(C(F)(F)F)cc32)ccc1-c1nc(-c2ccccc2)nc(-c2ccccc2)n1. The third-order valence-electron chi connectivity index (χ3n) is 8.96. The molecule has 5 nitrogen and oxygen atoms in total. The smallest absolute Gasteiger partial charge is 0.309 e. The second-order valence-corrected chi connectivity index (χ2v) is 12.2. The van der Waals surface area contributed by atoms with Gasteiger partial charge >= 0.3 is 12.4 Å². The van der Waals surface area contributed by atoms with E-state index in [1.165, 1.54) is 16.7 Å². The van der Waals surface area contributed by atoms with Crippen molar-refractivity contribution < 1.29 is 26.3 Å². The normalized spacial score (nSPS) is 11.9. The van der Waals surface area contributed by atoms with E-state index in [2.05, 4.69) is 6.07 Å². The number of hydrogen-bond acceptors (Lipinski definition) is 4. The van der Waals surface area contributed by atoms with Crippen LogP contribution in [0.1, 0.15) is 16.7 Å². The Morgan fingerprint density at radius 1 is 0.472 bits per heavy atom. The van der Waals surface area contributed by atoms with E-state index in [1.54, 1.807) is 42.5 Å². The van der Waals surface area contributed by atoms with Gasteiger partial charge in [-0.1, -0.05) is 91.0 Å². The highest BCUT2D eigenvalue weighted by molar-refractivity contribution is 6.10. The van der Waals surface area contributed by atoms with Crippen LogP contribution in [-0.4, -0.2) is 19.5 Å². The monoisotopic (exact) mass is 711 g/mol. The molecule has 8 aromatic rings. The van der Waals surface area contributed by atoms with Gasteiger partial charge in [0.2, 0.25) is 0 Å². The fourth-order valence-electron chi connectivity index (χ4n) is 6.48. The standard InChI is InChI=1S/C42H23F6N5/c43-41(44,45)28-15-18-32-33-19-16-29(42(46,47)48)22-37(33)53(36(32)21-28)30-17-20-34(35(23-30)31-14-8-7-13-27(31)24-49)40-51-38(25-9-3-1-4-10-25)50-39(52-40)26-11-5-2-6-12-26/h1-23H. The van der Waals surface area contributed by atoms with Gasteiger partial charge in [-0.05, 0) is 54.1 Å². The lowest BCUT2D eigenvalue weighted by Crippen LogP contribution is -2.06. The van der Waals surface area contributed by atoms with E-state index in [0.717, 1.165) is 35.4 Å². The molecule has 0 saturated heterocycles. The predicted octanol–water partition coefficient (Wildman–Crippen LogP) is 11.5. The summed E-state index contributed by atoms with van der Waals surface area (Å²) in [5.74, 6) is 0.993. The second kappa shape index (κ2) is 12.8. The highest BCUT2D eigenvalue weighted by Crippen LogP contribution is 2.42. The van der Waals surface area contributed by atoms with Crippen molar-refractivity contribution in [3.8, 4) is 57.0 Å². The van der Waals surface area contributed by atoms with Crippen LogP contribution in [0, 0.1) is 11.3 Å². The molecule has 0 aliphatic heterocycles. The molecule has 2 heterocycles. The number of aromatic nitrogens is 4. The molecule has 0 unspecified atom stereocenters. The Morgan fingerprint density at radius 3 is 1.47 bits per heavy atom. The van der Waals surface area contributed by atoms with Crippen LogP contribution in [0.25, 0.3) is 72.8 Å². The highest BCUT2D eigenvalue weighted by Gasteiger charge is 2.33. The van der Waals surface area contributed by atoms with Crippen molar-refractivity contribution in [2.45, 2.75) is 12.4 Å².